The summed E-state index contributed by atoms with van der Waals surface area (Å²) in [6, 6.07) is 5.54. The van der Waals surface area contributed by atoms with E-state index < -0.39 is 6.10 Å². The Morgan fingerprint density at radius 1 is 1.26 bits per heavy atom. The number of aliphatic hydroxyl groups excluding tert-OH is 1. The highest BCUT2D eigenvalue weighted by atomic mass is 35.5. The summed E-state index contributed by atoms with van der Waals surface area (Å²) in [6.07, 6.45) is -0.512. The normalized spacial score (nSPS) is 12.7. The van der Waals surface area contributed by atoms with Gasteiger partial charge in [-0.05, 0) is 38.5 Å². The maximum Gasteiger partial charge on any atom is 0.0797 e. The molecule has 2 rings (SSSR count). The minimum absolute atomic E-state index is 0.512. The molecule has 3 nitrogen and oxygen atoms in total. The van der Waals surface area contributed by atoms with Gasteiger partial charge in [0.25, 0.3) is 0 Å². The molecule has 1 unspecified atom stereocenters. The number of halogens is 2. The summed E-state index contributed by atoms with van der Waals surface area (Å²) in [5, 5.41) is 15.3. The van der Waals surface area contributed by atoms with Crippen molar-refractivity contribution in [1.82, 2.24) is 9.78 Å². The van der Waals surface area contributed by atoms with Gasteiger partial charge < -0.3 is 5.11 Å². The quantitative estimate of drug-likeness (QED) is 0.933. The lowest BCUT2D eigenvalue weighted by Crippen LogP contribution is -2.05. The largest absolute Gasteiger partial charge is 0.389 e. The van der Waals surface area contributed by atoms with E-state index in [2.05, 4.69) is 5.10 Å². The number of aliphatic hydroxyl groups is 1. The molecule has 0 aliphatic carbocycles. The minimum Gasteiger partial charge on any atom is -0.389 e. The lowest BCUT2D eigenvalue weighted by atomic mass is 10.1. The van der Waals surface area contributed by atoms with Crippen LogP contribution in [-0.2, 0) is 6.54 Å². The van der Waals surface area contributed by atoms with Gasteiger partial charge in [-0.3, -0.25) is 4.68 Å². The van der Waals surface area contributed by atoms with E-state index in [0.29, 0.717) is 16.6 Å². The zero-order valence-electron chi connectivity index (χ0n) is 11.1. The van der Waals surface area contributed by atoms with Crippen LogP contribution in [0.1, 0.15) is 35.5 Å². The van der Waals surface area contributed by atoms with Crippen LogP contribution in [0, 0.1) is 13.8 Å². The SMILES string of the molecule is Cc1nn(Cc2ccc(Cl)c(Cl)c2)c(C)c1C(C)O. The second-order valence-corrected chi connectivity index (χ2v) is 5.48. The highest BCUT2D eigenvalue weighted by Gasteiger charge is 2.15. The molecule has 1 N–H and O–H groups in total. The summed E-state index contributed by atoms with van der Waals surface area (Å²) in [5.41, 5.74) is 3.74. The van der Waals surface area contributed by atoms with Crippen molar-refractivity contribution in [3.63, 3.8) is 0 Å². The fraction of sp³-hybridized carbons (Fsp3) is 0.357. The lowest BCUT2D eigenvalue weighted by Gasteiger charge is -2.08. The van der Waals surface area contributed by atoms with Gasteiger partial charge in [0.2, 0.25) is 0 Å². The maximum absolute atomic E-state index is 9.75. The molecule has 2 aromatic rings. The number of nitrogens with zero attached hydrogens (tertiary/aromatic N) is 2. The van der Waals surface area contributed by atoms with Crippen LogP contribution in [0.5, 0.6) is 0 Å². The molecular weight excluding hydrogens is 283 g/mol. The minimum atomic E-state index is -0.512. The second-order valence-electron chi connectivity index (χ2n) is 4.67. The Balaban J connectivity index is 2.33. The summed E-state index contributed by atoms with van der Waals surface area (Å²) in [4.78, 5) is 0. The number of rotatable bonds is 3. The van der Waals surface area contributed by atoms with E-state index in [4.69, 9.17) is 23.2 Å². The zero-order chi connectivity index (χ0) is 14.2. The predicted molar refractivity (Wildman–Crippen MR) is 77.9 cm³/mol. The molecule has 0 aliphatic rings. The average Bonchev–Trinajstić information content (AvgIpc) is 2.59. The first-order chi connectivity index (χ1) is 8.90. The van der Waals surface area contributed by atoms with Gasteiger partial charge in [-0.25, -0.2) is 0 Å². The summed E-state index contributed by atoms with van der Waals surface area (Å²) >= 11 is 11.9. The molecule has 1 aromatic heterocycles. The molecule has 0 saturated carbocycles. The Kier molecular flexibility index (Phi) is 4.19. The van der Waals surface area contributed by atoms with E-state index in [0.717, 1.165) is 22.5 Å². The van der Waals surface area contributed by atoms with Crippen LogP contribution in [0.25, 0.3) is 0 Å². The second kappa shape index (κ2) is 5.53. The van der Waals surface area contributed by atoms with E-state index in [1.807, 2.05) is 30.7 Å². The van der Waals surface area contributed by atoms with Crippen molar-refractivity contribution >= 4 is 23.2 Å². The molecule has 102 valence electrons. The number of aromatic nitrogens is 2. The van der Waals surface area contributed by atoms with Crippen LogP contribution in [0.3, 0.4) is 0 Å². The van der Waals surface area contributed by atoms with Gasteiger partial charge in [0, 0.05) is 11.3 Å². The topological polar surface area (TPSA) is 38.0 Å². The molecule has 1 heterocycles. The van der Waals surface area contributed by atoms with Gasteiger partial charge in [-0.2, -0.15) is 5.10 Å². The smallest absolute Gasteiger partial charge is 0.0797 e. The van der Waals surface area contributed by atoms with Gasteiger partial charge in [0.05, 0.1) is 28.4 Å². The average molecular weight is 299 g/mol. The van der Waals surface area contributed by atoms with Crippen molar-refractivity contribution in [2.75, 3.05) is 0 Å². The van der Waals surface area contributed by atoms with Gasteiger partial charge in [-0.1, -0.05) is 29.3 Å². The van der Waals surface area contributed by atoms with E-state index >= 15 is 0 Å². The van der Waals surface area contributed by atoms with E-state index in [9.17, 15) is 5.11 Å². The molecule has 0 saturated heterocycles. The molecule has 0 fully saturated rings. The van der Waals surface area contributed by atoms with Crippen LogP contribution in [0.4, 0.5) is 0 Å². The first-order valence-corrected chi connectivity index (χ1v) is 6.81. The molecular formula is C14H16Cl2N2O. The standard InChI is InChI=1S/C14H16Cl2N2O/c1-8-14(10(3)19)9(2)18(17-8)7-11-4-5-12(15)13(16)6-11/h4-6,10,19H,7H2,1-3H3. The molecule has 1 aromatic carbocycles. The van der Waals surface area contributed by atoms with Crippen molar-refractivity contribution in [2.24, 2.45) is 0 Å². The molecule has 0 bridgehead atoms. The van der Waals surface area contributed by atoms with Gasteiger partial charge in [-0.15, -0.1) is 0 Å². The number of aryl methyl sites for hydroxylation is 1. The first kappa shape index (κ1) is 14.4. The third-order valence-corrected chi connectivity index (χ3v) is 3.91. The van der Waals surface area contributed by atoms with Crippen LogP contribution >= 0.6 is 23.2 Å². The molecule has 0 spiro atoms. The van der Waals surface area contributed by atoms with E-state index in [1.165, 1.54) is 0 Å². The number of hydrogen-bond acceptors (Lipinski definition) is 2. The molecule has 0 amide bonds. The summed E-state index contributed by atoms with van der Waals surface area (Å²) in [7, 11) is 0. The highest BCUT2D eigenvalue weighted by molar-refractivity contribution is 6.42. The number of hydrogen-bond donors (Lipinski definition) is 1. The van der Waals surface area contributed by atoms with Crippen LogP contribution < -0.4 is 0 Å². The molecule has 0 radical (unpaired) electrons. The van der Waals surface area contributed by atoms with Gasteiger partial charge >= 0.3 is 0 Å². The van der Waals surface area contributed by atoms with Crippen molar-refractivity contribution < 1.29 is 5.11 Å². The van der Waals surface area contributed by atoms with Crippen molar-refractivity contribution in [3.8, 4) is 0 Å². The van der Waals surface area contributed by atoms with Crippen molar-refractivity contribution in [1.29, 1.82) is 0 Å². The van der Waals surface area contributed by atoms with E-state index in [1.54, 1.807) is 13.0 Å². The van der Waals surface area contributed by atoms with Crippen molar-refractivity contribution in [2.45, 2.75) is 33.4 Å². The molecule has 19 heavy (non-hydrogen) atoms. The Morgan fingerprint density at radius 3 is 2.47 bits per heavy atom. The summed E-state index contributed by atoms with van der Waals surface area (Å²) < 4.78 is 1.87. The zero-order valence-corrected chi connectivity index (χ0v) is 12.6. The fourth-order valence-corrected chi connectivity index (χ4v) is 2.60. The highest BCUT2D eigenvalue weighted by Crippen LogP contribution is 2.25. The van der Waals surface area contributed by atoms with Crippen LogP contribution in [0.2, 0.25) is 10.0 Å². The third kappa shape index (κ3) is 2.94. The Hall–Kier alpha value is -1.03. The molecule has 1 atom stereocenters. The Labute approximate surface area is 122 Å². The summed E-state index contributed by atoms with van der Waals surface area (Å²) in [5.74, 6) is 0. The maximum atomic E-state index is 9.75. The lowest BCUT2D eigenvalue weighted by molar-refractivity contribution is 0.197. The van der Waals surface area contributed by atoms with E-state index in [-0.39, 0.29) is 0 Å². The Bertz CT molecular complexity index is 606. The van der Waals surface area contributed by atoms with Crippen LogP contribution in [0.15, 0.2) is 18.2 Å². The van der Waals surface area contributed by atoms with Crippen LogP contribution in [-0.4, -0.2) is 14.9 Å². The first-order valence-electron chi connectivity index (χ1n) is 6.06. The predicted octanol–water partition coefficient (Wildman–Crippen LogP) is 3.91. The Morgan fingerprint density at radius 2 is 1.95 bits per heavy atom. The third-order valence-electron chi connectivity index (χ3n) is 3.17. The molecule has 0 aliphatic heterocycles. The summed E-state index contributed by atoms with van der Waals surface area (Å²) in [6.45, 7) is 6.22. The van der Waals surface area contributed by atoms with Gasteiger partial charge in [0.15, 0.2) is 0 Å². The van der Waals surface area contributed by atoms with Gasteiger partial charge in [0.1, 0.15) is 0 Å². The fourth-order valence-electron chi connectivity index (χ4n) is 2.28. The monoisotopic (exact) mass is 298 g/mol. The molecule has 5 heteroatoms. The van der Waals surface area contributed by atoms with Crippen molar-refractivity contribution in [3.05, 3.63) is 50.8 Å². The number of benzene rings is 1.